The van der Waals surface area contributed by atoms with Crippen LogP contribution < -0.4 is 5.73 Å². The van der Waals surface area contributed by atoms with Crippen LogP contribution in [0.1, 0.15) is 27.7 Å². The van der Waals surface area contributed by atoms with Crippen molar-refractivity contribution < 1.29 is 13.9 Å². The van der Waals surface area contributed by atoms with Crippen molar-refractivity contribution >= 4 is 35.0 Å². The van der Waals surface area contributed by atoms with E-state index < -0.39 is 11.1 Å². The highest BCUT2D eigenvalue weighted by atomic mass is 35.5. The minimum absolute atomic E-state index is 0.0108. The highest BCUT2D eigenvalue weighted by molar-refractivity contribution is 8.00. The van der Waals surface area contributed by atoms with Gasteiger partial charge in [0.05, 0.1) is 16.8 Å². The number of halogens is 2. The Morgan fingerprint density at radius 1 is 1.35 bits per heavy atom. The number of carbonyl (C=O) groups is 1. The molecule has 0 heterocycles. The quantitative estimate of drug-likeness (QED) is 0.503. The van der Waals surface area contributed by atoms with Gasteiger partial charge in [0.15, 0.2) is 0 Å². The summed E-state index contributed by atoms with van der Waals surface area (Å²) >= 11 is 7.24. The van der Waals surface area contributed by atoms with Crippen molar-refractivity contribution in [3.8, 4) is 0 Å². The summed E-state index contributed by atoms with van der Waals surface area (Å²) in [6.07, 6.45) is -0.182. The fourth-order valence-corrected chi connectivity index (χ4v) is 2.88. The maximum absolute atomic E-state index is 13.3. The third-order valence-corrected chi connectivity index (χ3v) is 4.50. The van der Waals surface area contributed by atoms with E-state index in [2.05, 4.69) is 0 Å². The summed E-state index contributed by atoms with van der Waals surface area (Å²) in [5.74, 6) is -0.822. The van der Waals surface area contributed by atoms with Crippen molar-refractivity contribution in [1.82, 2.24) is 0 Å². The van der Waals surface area contributed by atoms with E-state index in [1.165, 1.54) is 17.8 Å². The van der Waals surface area contributed by atoms with Gasteiger partial charge in [0, 0.05) is 4.90 Å². The van der Waals surface area contributed by atoms with E-state index in [1.807, 2.05) is 13.8 Å². The third kappa shape index (κ3) is 4.56. The number of benzene rings is 1. The van der Waals surface area contributed by atoms with Crippen molar-refractivity contribution in [3.63, 3.8) is 0 Å². The zero-order valence-corrected chi connectivity index (χ0v) is 13.5. The van der Waals surface area contributed by atoms with Gasteiger partial charge in [0.2, 0.25) is 0 Å². The van der Waals surface area contributed by atoms with E-state index in [-0.39, 0.29) is 28.7 Å². The molecule has 3 nitrogen and oxygen atoms in total. The third-order valence-electron chi connectivity index (χ3n) is 2.49. The minimum Gasteiger partial charge on any atom is -0.462 e. The van der Waals surface area contributed by atoms with Crippen LogP contribution in [0.15, 0.2) is 17.0 Å². The van der Waals surface area contributed by atoms with Gasteiger partial charge in [0.25, 0.3) is 0 Å². The molecule has 112 valence electrons. The Balaban J connectivity index is 2.97. The molecule has 0 aromatic heterocycles. The molecule has 0 aliphatic carbocycles. The first-order chi connectivity index (χ1) is 9.22. The zero-order valence-electron chi connectivity index (χ0n) is 11.9. The highest BCUT2D eigenvalue weighted by Crippen LogP contribution is 2.36. The van der Waals surface area contributed by atoms with Crippen LogP contribution >= 0.6 is 23.4 Å². The van der Waals surface area contributed by atoms with Crippen molar-refractivity contribution in [1.29, 1.82) is 0 Å². The molecule has 1 aromatic carbocycles. The summed E-state index contributed by atoms with van der Waals surface area (Å²) in [4.78, 5) is 12.6. The van der Waals surface area contributed by atoms with Crippen LogP contribution in [0.3, 0.4) is 0 Å². The summed E-state index contributed by atoms with van der Waals surface area (Å²) in [6, 6.07) is 2.60. The molecule has 0 saturated heterocycles. The Kier molecular flexibility index (Phi) is 6.14. The van der Waals surface area contributed by atoms with Gasteiger partial charge in [-0.25, -0.2) is 4.39 Å². The van der Waals surface area contributed by atoms with Gasteiger partial charge in [0.1, 0.15) is 11.1 Å². The highest BCUT2D eigenvalue weighted by Gasteiger charge is 2.27. The lowest BCUT2D eigenvalue weighted by molar-refractivity contribution is -0.147. The Morgan fingerprint density at radius 2 is 1.95 bits per heavy atom. The Labute approximate surface area is 128 Å². The summed E-state index contributed by atoms with van der Waals surface area (Å²) < 4.78 is 18.5. The second-order valence-corrected chi connectivity index (χ2v) is 6.66. The van der Waals surface area contributed by atoms with Gasteiger partial charge in [-0.2, -0.15) is 0 Å². The second kappa shape index (κ2) is 7.18. The molecule has 0 aliphatic rings. The molecular formula is C14H19ClFNO2S. The second-order valence-electron chi connectivity index (χ2n) is 5.07. The molecule has 1 aromatic rings. The normalized spacial score (nSPS) is 12.8. The first kappa shape index (κ1) is 17.1. The number of hydrogen-bond donors (Lipinski definition) is 1. The molecule has 0 radical (unpaired) electrons. The van der Waals surface area contributed by atoms with Gasteiger partial charge in [-0.15, -0.1) is 11.8 Å². The van der Waals surface area contributed by atoms with Gasteiger partial charge in [-0.05, 0) is 31.9 Å². The Morgan fingerprint density at radius 3 is 2.45 bits per heavy atom. The lowest BCUT2D eigenvalue weighted by atomic mass is 10.1. The number of ether oxygens (including phenoxy) is 1. The topological polar surface area (TPSA) is 52.3 Å². The van der Waals surface area contributed by atoms with E-state index in [0.717, 1.165) is 6.07 Å². The van der Waals surface area contributed by atoms with E-state index in [9.17, 15) is 9.18 Å². The molecule has 0 amide bonds. The fourth-order valence-electron chi connectivity index (χ4n) is 1.53. The number of nitrogens with two attached hydrogens (primary N) is 1. The van der Waals surface area contributed by atoms with Crippen LogP contribution in [0.25, 0.3) is 0 Å². The number of thioether (sulfide) groups is 1. The van der Waals surface area contributed by atoms with E-state index in [1.54, 1.807) is 13.8 Å². The monoisotopic (exact) mass is 319 g/mol. The average molecular weight is 320 g/mol. The smallest absolute Gasteiger partial charge is 0.319 e. The predicted octanol–water partition coefficient (Wildman–Crippen LogP) is 4.13. The lowest BCUT2D eigenvalue weighted by Crippen LogP contribution is -2.27. The summed E-state index contributed by atoms with van der Waals surface area (Å²) in [5, 5.41) is -0.176. The van der Waals surface area contributed by atoms with Gasteiger partial charge < -0.3 is 10.5 Å². The largest absolute Gasteiger partial charge is 0.462 e. The molecule has 0 spiro atoms. The molecule has 0 fully saturated rings. The van der Waals surface area contributed by atoms with Crippen LogP contribution in [0, 0.1) is 11.7 Å². The van der Waals surface area contributed by atoms with Crippen LogP contribution in [0.2, 0.25) is 5.02 Å². The van der Waals surface area contributed by atoms with Gasteiger partial charge >= 0.3 is 5.97 Å². The molecule has 1 unspecified atom stereocenters. The van der Waals surface area contributed by atoms with Crippen LogP contribution in [-0.4, -0.2) is 17.3 Å². The summed E-state index contributed by atoms with van der Waals surface area (Å²) in [7, 11) is 0. The van der Waals surface area contributed by atoms with Crippen molar-refractivity contribution in [3.05, 3.63) is 23.0 Å². The number of carbonyl (C=O) groups excluding carboxylic acids is 1. The Bertz CT molecular complexity index is 494. The van der Waals surface area contributed by atoms with Crippen LogP contribution in [0.5, 0.6) is 0 Å². The number of hydrogen-bond acceptors (Lipinski definition) is 4. The molecule has 0 bridgehead atoms. The average Bonchev–Trinajstić information content (AvgIpc) is 2.30. The van der Waals surface area contributed by atoms with Crippen molar-refractivity contribution in [2.75, 3.05) is 5.73 Å². The van der Waals surface area contributed by atoms with Crippen molar-refractivity contribution in [2.24, 2.45) is 5.92 Å². The number of nitrogen functional groups attached to an aromatic ring is 1. The lowest BCUT2D eigenvalue weighted by Gasteiger charge is -2.21. The van der Waals surface area contributed by atoms with Gasteiger partial charge in [-0.3, -0.25) is 4.79 Å². The SMILES string of the molecule is CC(C)OC(=O)C(Sc1cc(N)c(F)cc1Cl)C(C)C. The fraction of sp³-hybridized carbons (Fsp3) is 0.500. The maximum Gasteiger partial charge on any atom is 0.319 e. The maximum atomic E-state index is 13.3. The zero-order chi connectivity index (χ0) is 15.4. The number of anilines is 1. The molecule has 0 saturated carbocycles. The molecule has 20 heavy (non-hydrogen) atoms. The van der Waals surface area contributed by atoms with E-state index >= 15 is 0 Å². The number of rotatable bonds is 5. The Hall–Kier alpha value is -0.940. The molecule has 6 heteroatoms. The van der Waals surface area contributed by atoms with Gasteiger partial charge in [-0.1, -0.05) is 25.4 Å². The first-order valence-electron chi connectivity index (χ1n) is 6.34. The molecular weight excluding hydrogens is 301 g/mol. The molecule has 0 aliphatic heterocycles. The summed E-state index contributed by atoms with van der Waals surface area (Å²) in [6.45, 7) is 7.42. The van der Waals surface area contributed by atoms with Crippen LogP contribution in [-0.2, 0) is 9.53 Å². The minimum atomic E-state index is -0.565. The van der Waals surface area contributed by atoms with E-state index in [4.69, 9.17) is 22.1 Å². The van der Waals surface area contributed by atoms with E-state index in [0.29, 0.717) is 4.90 Å². The molecule has 1 rings (SSSR count). The summed E-state index contributed by atoms with van der Waals surface area (Å²) in [5.41, 5.74) is 5.55. The molecule has 1 atom stereocenters. The van der Waals surface area contributed by atoms with Crippen LogP contribution in [0.4, 0.5) is 10.1 Å². The first-order valence-corrected chi connectivity index (χ1v) is 7.59. The molecule has 2 N–H and O–H groups in total. The number of esters is 1. The standard InChI is InChI=1S/C14H19ClFNO2S/c1-7(2)13(14(18)19-8(3)4)20-12-6-11(17)10(16)5-9(12)15/h5-8,13H,17H2,1-4H3. The predicted molar refractivity (Wildman–Crippen MR) is 81.5 cm³/mol. The van der Waals surface area contributed by atoms with Crippen molar-refractivity contribution in [2.45, 2.75) is 43.9 Å².